The van der Waals surface area contributed by atoms with Gasteiger partial charge in [-0.2, -0.15) is 0 Å². The number of esters is 1. The van der Waals surface area contributed by atoms with Crippen LogP contribution < -0.4 is 4.74 Å². The quantitative estimate of drug-likeness (QED) is 0.447. The fraction of sp³-hybridized carbons (Fsp3) is 0.385. The van der Waals surface area contributed by atoms with Crippen LogP contribution in [0.5, 0.6) is 5.75 Å². The van der Waals surface area contributed by atoms with Crippen molar-refractivity contribution >= 4 is 5.97 Å². The summed E-state index contributed by atoms with van der Waals surface area (Å²) in [5, 5.41) is 0. The normalized spacial score (nSPS) is 15.0. The molecule has 3 aromatic rings. The Bertz CT molecular complexity index is 1050. The SMILES string of the molecule is CCOC(=O)CC1CCc2cc(OCCc3nc(-c4ccc(C)cc4)oc3C)ccc21. The van der Waals surface area contributed by atoms with Gasteiger partial charge in [0, 0.05) is 12.0 Å². The summed E-state index contributed by atoms with van der Waals surface area (Å²) >= 11 is 0. The molecule has 0 spiro atoms. The summed E-state index contributed by atoms with van der Waals surface area (Å²) < 4.78 is 17.0. The number of ether oxygens (including phenoxy) is 2. The van der Waals surface area contributed by atoms with Gasteiger partial charge in [0.25, 0.3) is 0 Å². The minimum absolute atomic E-state index is 0.117. The molecule has 0 bridgehead atoms. The summed E-state index contributed by atoms with van der Waals surface area (Å²) in [5.41, 5.74) is 5.63. The molecule has 0 amide bonds. The lowest BCUT2D eigenvalue weighted by molar-refractivity contribution is -0.143. The van der Waals surface area contributed by atoms with Crippen molar-refractivity contribution in [2.24, 2.45) is 0 Å². The van der Waals surface area contributed by atoms with Crippen molar-refractivity contribution in [1.29, 1.82) is 0 Å². The van der Waals surface area contributed by atoms with Gasteiger partial charge >= 0.3 is 5.97 Å². The molecule has 5 nitrogen and oxygen atoms in total. The van der Waals surface area contributed by atoms with Crippen molar-refractivity contribution in [3.05, 3.63) is 70.6 Å². The zero-order valence-corrected chi connectivity index (χ0v) is 18.4. The molecule has 0 fully saturated rings. The van der Waals surface area contributed by atoms with Gasteiger partial charge in [-0.05, 0) is 74.9 Å². The molecular formula is C26H29NO4. The van der Waals surface area contributed by atoms with Crippen LogP contribution in [0.3, 0.4) is 0 Å². The molecule has 1 atom stereocenters. The highest BCUT2D eigenvalue weighted by Gasteiger charge is 2.25. The van der Waals surface area contributed by atoms with E-state index in [2.05, 4.69) is 36.2 Å². The lowest BCUT2D eigenvalue weighted by Crippen LogP contribution is -2.08. The van der Waals surface area contributed by atoms with E-state index in [0.29, 0.717) is 31.9 Å². The number of aromatic nitrogens is 1. The topological polar surface area (TPSA) is 61.6 Å². The lowest BCUT2D eigenvalue weighted by Gasteiger charge is -2.12. The van der Waals surface area contributed by atoms with Gasteiger partial charge < -0.3 is 13.9 Å². The summed E-state index contributed by atoms with van der Waals surface area (Å²) in [6.45, 7) is 6.81. The Morgan fingerprint density at radius 1 is 1.16 bits per heavy atom. The van der Waals surface area contributed by atoms with Crippen LogP contribution in [0.15, 0.2) is 46.9 Å². The zero-order chi connectivity index (χ0) is 21.8. The molecule has 1 aliphatic carbocycles. The van der Waals surface area contributed by atoms with E-state index in [0.717, 1.165) is 35.6 Å². The summed E-state index contributed by atoms with van der Waals surface area (Å²) in [6, 6.07) is 14.4. The van der Waals surface area contributed by atoms with E-state index in [1.807, 2.05) is 32.0 Å². The van der Waals surface area contributed by atoms with Crippen molar-refractivity contribution in [3.63, 3.8) is 0 Å². The van der Waals surface area contributed by atoms with Crippen molar-refractivity contribution < 1.29 is 18.7 Å². The Morgan fingerprint density at radius 2 is 1.97 bits per heavy atom. The molecule has 1 unspecified atom stereocenters. The van der Waals surface area contributed by atoms with E-state index in [9.17, 15) is 4.79 Å². The van der Waals surface area contributed by atoms with E-state index in [1.165, 1.54) is 16.7 Å². The number of nitrogens with zero attached hydrogens (tertiary/aromatic N) is 1. The minimum atomic E-state index is -0.117. The number of oxazole rings is 1. The largest absolute Gasteiger partial charge is 0.493 e. The Morgan fingerprint density at radius 3 is 2.74 bits per heavy atom. The van der Waals surface area contributed by atoms with Crippen LogP contribution in [-0.4, -0.2) is 24.2 Å². The summed E-state index contributed by atoms with van der Waals surface area (Å²) in [5.74, 6) is 2.47. The van der Waals surface area contributed by atoms with Gasteiger partial charge in [0.05, 0.1) is 25.3 Å². The fourth-order valence-electron chi connectivity index (χ4n) is 4.15. The lowest BCUT2D eigenvalue weighted by atomic mass is 9.98. The molecule has 0 radical (unpaired) electrons. The third-order valence-electron chi connectivity index (χ3n) is 5.83. The number of benzene rings is 2. The van der Waals surface area contributed by atoms with Crippen molar-refractivity contribution in [2.75, 3.05) is 13.2 Å². The Balaban J connectivity index is 1.34. The van der Waals surface area contributed by atoms with Crippen LogP contribution in [0.1, 0.15) is 53.8 Å². The average Bonchev–Trinajstić information content (AvgIpc) is 3.32. The molecular weight excluding hydrogens is 390 g/mol. The van der Waals surface area contributed by atoms with E-state index in [1.54, 1.807) is 0 Å². The fourth-order valence-corrected chi connectivity index (χ4v) is 4.15. The van der Waals surface area contributed by atoms with Crippen LogP contribution >= 0.6 is 0 Å². The molecule has 0 saturated heterocycles. The highest BCUT2D eigenvalue weighted by Crippen LogP contribution is 2.37. The van der Waals surface area contributed by atoms with Gasteiger partial charge in [0.15, 0.2) is 0 Å². The number of fused-ring (bicyclic) bond motifs is 1. The molecule has 1 aromatic heterocycles. The third kappa shape index (κ3) is 4.98. The van der Waals surface area contributed by atoms with Crippen LogP contribution in [0.25, 0.3) is 11.5 Å². The van der Waals surface area contributed by atoms with Gasteiger partial charge in [0.2, 0.25) is 5.89 Å². The highest BCUT2D eigenvalue weighted by molar-refractivity contribution is 5.71. The highest BCUT2D eigenvalue weighted by atomic mass is 16.5. The second-order valence-electron chi connectivity index (χ2n) is 8.09. The maximum absolute atomic E-state index is 11.8. The first-order chi connectivity index (χ1) is 15.0. The molecule has 2 aromatic carbocycles. The molecule has 0 aliphatic heterocycles. The monoisotopic (exact) mass is 419 g/mol. The summed E-state index contributed by atoms with van der Waals surface area (Å²) in [6.07, 6.45) is 3.09. The second-order valence-corrected chi connectivity index (χ2v) is 8.09. The average molecular weight is 420 g/mol. The first kappa shape index (κ1) is 21.2. The van der Waals surface area contributed by atoms with Crippen molar-refractivity contribution in [3.8, 4) is 17.2 Å². The smallest absolute Gasteiger partial charge is 0.306 e. The predicted octanol–water partition coefficient (Wildman–Crippen LogP) is 5.56. The number of carbonyl (C=O) groups is 1. The van der Waals surface area contributed by atoms with Gasteiger partial charge in [-0.25, -0.2) is 4.98 Å². The van der Waals surface area contributed by atoms with Crippen LogP contribution in [0, 0.1) is 13.8 Å². The molecule has 162 valence electrons. The maximum atomic E-state index is 11.8. The maximum Gasteiger partial charge on any atom is 0.306 e. The molecule has 5 heteroatoms. The molecule has 0 saturated carbocycles. The minimum Gasteiger partial charge on any atom is -0.493 e. The predicted molar refractivity (Wildman–Crippen MR) is 119 cm³/mol. The molecule has 1 heterocycles. The first-order valence-electron chi connectivity index (χ1n) is 11.0. The molecule has 1 aliphatic rings. The number of carbonyl (C=O) groups excluding carboxylic acids is 1. The van der Waals surface area contributed by atoms with Crippen LogP contribution in [0.2, 0.25) is 0 Å². The molecule has 31 heavy (non-hydrogen) atoms. The summed E-state index contributed by atoms with van der Waals surface area (Å²) in [4.78, 5) is 16.5. The second kappa shape index (κ2) is 9.38. The van der Waals surface area contributed by atoms with E-state index >= 15 is 0 Å². The number of aryl methyl sites for hydroxylation is 3. The van der Waals surface area contributed by atoms with Crippen molar-refractivity contribution in [1.82, 2.24) is 4.98 Å². The van der Waals surface area contributed by atoms with Gasteiger partial charge in [-0.15, -0.1) is 0 Å². The number of hydrogen-bond acceptors (Lipinski definition) is 5. The molecule has 4 rings (SSSR count). The Kier molecular flexibility index (Phi) is 6.40. The van der Waals surface area contributed by atoms with Crippen LogP contribution in [0.4, 0.5) is 0 Å². The van der Waals surface area contributed by atoms with E-state index < -0.39 is 0 Å². The molecule has 0 N–H and O–H groups in total. The number of rotatable bonds is 8. The third-order valence-corrected chi connectivity index (χ3v) is 5.83. The van der Waals surface area contributed by atoms with E-state index in [4.69, 9.17) is 13.9 Å². The van der Waals surface area contributed by atoms with Gasteiger partial charge in [-0.3, -0.25) is 4.79 Å². The summed E-state index contributed by atoms with van der Waals surface area (Å²) in [7, 11) is 0. The Labute approximate surface area is 183 Å². The van der Waals surface area contributed by atoms with Crippen LogP contribution in [-0.2, 0) is 22.4 Å². The van der Waals surface area contributed by atoms with Gasteiger partial charge in [0.1, 0.15) is 11.5 Å². The zero-order valence-electron chi connectivity index (χ0n) is 18.4. The van der Waals surface area contributed by atoms with E-state index in [-0.39, 0.29) is 11.9 Å². The number of hydrogen-bond donors (Lipinski definition) is 0. The van der Waals surface area contributed by atoms with Gasteiger partial charge in [-0.1, -0.05) is 23.8 Å². The van der Waals surface area contributed by atoms with Crippen molar-refractivity contribution in [2.45, 2.75) is 52.4 Å². The first-order valence-corrected chi connectivity index (χ1v) is 11.0. The standard InChI is InChI=1S/C26H29NO4/c1-4-29-25(28)16-21-10-9-20-15-22(11-12-23(20)21)30-14-13-24-18(3)31-26(27-24)19-7-5-17(2)6-8-19/h5-8,11-12,15,21H,4,9-10,13-14,16H2,1-3H3. The Hall–Kier alpha value is -3.08.